The van der Waals surface area contributed by atoms with Crippen LogP contribution in [0.1, 0.15) is 22.4 Å². The Morgan fingerprint density at radius 3 is 2.79 bits per heavy atom. The molecule has 2 N–H and O–H groups in total. The zero-order valence-electron chi connectivity index (χ0n) is 13.9. The number of halogens is 1. The van der Waals surface area contributed by atoms with Gasteiger partial charge in [0.05, 0.1) is 6.42 Å². The summed E-state index contributed by atoms with van der Waals surface area (Å²) in [5.41, 5.74) is 5.16. The first-order valence-electron chi connectivity index (χ1n) is 8.12. The van der Waals surface area contributed by atoms with Gasteiger partial charge < -0.3 is 10.3 Å². The van der Waals surface area contributed by atoms with Crippen molar-refractivity contribution in [3.8, 4) is 0 Å². The highest BCUT2D eigenvalue weighted by molar-refractivity contribution is 5.85. The molecule has 24 heavy (non-hydrogen) atoms. The van der Waals surface area contributed by atoms with Gasteiger partial charge in [0.1, 0.15) is 5.82 Å². The molecule has 4 heteroatoms. The van der Waals surface area contributed by atoms with E-state index in [-0.39, 0.29) is 11.7 Å². The van der Waals surface area contributed by atoms with Gasteiger partial charge >= 0.3 is 0 Å². The number of benzene rings is 2. The van der Waals surface area contributed by atoms with E-state index in [9.17, 15) is 9.18 Å². The van der Waals surface area contributed by atoms with Crippen LogP contribution in [0.3, 0.4) is 0 Å². The van der Waals surface area contributed by atoms with Crippen LogP contribution in [0.25, 0.3) is 10.9 Å². The molecule has 1 heterocycles. The molecule has 1 aromatic heterocycles. The first-order valence-corrected chi connectivity index (χ1v) is 8.12. The Hall–Kier alpha value is -2.62. The largest absolute Gasteiger partial charge is 0.358 e. The van der Waals surface area contributed by atoms with Crippen molar-refractivity contribution in [1.29, 1.82) is 0 Å². The summed E-state index contributed by atoms with van der Waals surface area (Å²) in [6, 6.07) is 12.7. The maximum absolute atomic E-state index is 13.5. The summed E-state index contributed by atoms with van der Waals surface area (Å²) in [6.07, 6.45) is 1.05. The maximum Gasteiger partial charge on any atom is 0.224 e. The van der Waals surface area contributed by atoms with Crippen LogP contribution in [0.4, 0.5) is 4.39 Å². The average Bonchev–Trinajstić information content (AvgIpc) is 2.83. The molecule has 3 rings (SSSR count). The molecule has 0 aliphatic heterocycles. The van der Waals surface area contributed by atoms with Crippen LogP contribution in [0.15, 0.2) is 42.5 Å². The second kappa shape index (κ2) is 6.87. The van der Waals surface area contributed by atoms with Crippen LogP contribution in [0, 0.1) is 19.7 Å². The molecule has 3 nitrogen and oxygen atoms in total. The van der Waals surface area contributed by atoms with E-state index in [1.165, 1.54) is 6.07 Å². The summed E-state index contributed by atoms with van der Waals surface area (Å²) in [5.74, 6) is -0.240. The number of carbonyl (C=O) groups is 1. The Bertz CT molecular complexity index is 882. The molecule has 0 fully saturated rings. The fourth-order valence-electron chi connectivity index (χ4n) is 3.07. The lowest BCUT2D eigenvalue weighted by atomic mass is 10.1. The molecular weight excluding hydrogens is 303 g/mol. The third-order valence-corrected chi connectivity index (χ3v) is 4.23. The van der Waals surface area contributed by atoms with Crippen LogP contribution in [0.2, 0.25) is 0 Å². The van der Waals surface area contributed by atoms with Crippen molar-refractivity contribution in [3.05, 3.63) is 70.7 Å². The second-order valence-electron chi connectivity index (χ2n) is 6.18. The predicted octanol–water partition coefficient (Wildman–Crippen LogP) is 3.83. The number of aromatic nitrogens is 1. The van der Waals surface area contributed by atoms with Gasteiger partial charge in [0.25, 0.3) is 0 Å². The number of hydrogen-bond donors (Lipinski definition) is 2. The van der Waals surface area contributed by atoms with Crippen LogP contribution < -0.4 is 5.32 Å². The molecular formula is C20H21FN2O. The lowest BCUT2D eigenvalue weighted by molar-refractivity contribution is -0.120. The monoisotopic (exact) mass is 324 g/mol. The van der Waals surface area contributed by atoms with Crippen molar-refractivity contribution in [3.63, 3.8) is 0 Å². The van der Waals surface area contributed by atoms with Crippen LogP contribution in [-0.2, 0) is 17.6 Å². The van der Waals surface area contributed by atoms with Crippen LogP contribution in [0.5, 0.6) is 0 Å². The third-order valence-electron chi connectivity index (χ3n) is 4.23. The molecule has 0 saturated carbocycles. The van der Waals surface area contributed by atoms with E-state index < -0.39 is 0 Å². The Morgan fingerprint density at radius 2 is 2.00 bits per heavy atom. The van der Waals surface area contributed by atoms with Gasteiger partial charge in [-0.2, -0.15) is 0 Å². The number of aromatic amines is 1. The highest BCUT2D eigenvalue weighted by Gasteiger charge is 2.10. The molecule has 0 radical (unpaired) electrons. The number of hydrogen-bond acceptors (Lipinski definition) is 1. The molecule has 0 bridgehead atoms. The molecule has 0 spiro atoms. The predicted molar refractivity (Wildman–Crippen MR) is 94.6 cm³/mol. The van der Waals surface area contributed by atoms with Crippen molar-refractivity contribution < 1.29 is 9.18 Å². The van der Waals surface area contributed by atoms with Gasteiger partial charge in [-0.25, -0.2) is 4.39 Å². The average molecular weight is 324 g/mol. The molecule has 0 saturated heterocycles. The normalized spacial score (nSPS) is 11.0. The Morgan fingerprint density at radius 1 is 1.17 bits per heavy atom. The SMILES string of the molecule is Cc1cccc(CC(=O)NCCc2c(C)[nH]c3ccc(F)cc23)c1. The van der Waals surface area contributed by atoms with Gasteiger partial charge in [-0.1, -0.05) is 29.8 Å². The fraction of sp³-hybridized carbons (Fsp3) is 0.250. The highest BCUT2D eigenvalue weighted by atomic mass is 19.1. The quantitative estimate of drug-likeness (QED) is 0.736. The molecule has 124 valence electrons. The van der Waals surface area contributed by atoms with Crippen molar-refractivity contribution in [1.82, 2.24) is 10.3 Å². The topological polar surface area (TPSA) is 44.9 Å². The Kier molecular flexibility index (Phi) is 4.65. The van der Waals surface area contributed by atoms with E-state index in [1.807, 2.05) is 38.1 Å². The maximum atomic E-state index is 13.5. The molecule has 0 unspecified atom stereocenters. The molecule has 0 aliphatic rings. The number of H-pyrrole nitrogens is 1. The summed E-state index contributed by atoms with van der Waals surface area (Å²) in [7, 11) is 0. The van der Waals surface area contributed by atoms with Gasteiger partial charge in [0, 0.05) is 23.1 Å². The third kappa shape index (κ3) is 3.65. The zero-order chi connectivity index (χ0) is 17.1. The van der Waals surface area contributed by atoms with E-state index in [4.69, 9.17) is 0 Å². The molecule has 2 aromatic carbocycles. The lowest BCUT2D eigenvalue weighted by Gasteiger charge is -2.06. The van der Waals surface area contributed by atoms with E-state index in [1.54, 1.807) is 12.1 Å². The van der Waals surface area contributed by atoms with Gasteiger partial charge in [-0.3, -0.25) is 4.79 Å². The fourth-order valence-corrected chi connectivity index (χ4v) is 3.07. The molecule has 3 aromatic rings. The van der Waals surface area contributed by atoms with Crippen molar-refractivity contribution in [2.75, 3.05) is 6.54 Å². The van der Waals surface area contributed by atoms with E-state index >= 15 is 0 Å². The summed E-state index contributed by atoms with van der Waals surface area (Å²) in [5, 5.41) is 3.84. The minimum absolute atomic E-state index is 0.00396. The second-order valence-corrected chi connectivity index (χ2v) is 6.18. The van der Waals surface area contributed by atoms with Crippen molar-refractivity contribution >= 4 is 16.8 Å². The van der Waals surface area contributed by atoms with Gasteiger partial charge in [0.2, 0.25) is 5.91 Å². The van der Waals surface area contributed by atoms with E-state index in [0.717, 1.165) is 33.3 Å². The minimum atomic E-state index is -0.244. The number of aryl methyl sites for hydroxylation is 2. The van der Waals surface area contributed by atoms with Crippen LogP contribution in [-0.4, -0.2) is 17.4 Å². The number of carbonyl (C=O) groups excluding carboxylic acids is 1. The summed E-state index contributed by atoms with van der Waals surface area (Å²) in [4.78, 5) is 15.3. The summed E-state index contributed by atoms with van der Waals surface area (Å²) < 4.78 is 13.5. The number of amides is 1. The highest BCUT2D eigenvalue weighted by Crippen LogP contribution is 2.23. The lowest BCUT2D eigenvalue weighted by Crippen LogP contribution is -2.27. The van der Waals surface area contributed by atoms with Gasteiger partial charge in [-0.15, -0.1) is 0 Å². The Labute approximate surface area is 140 Å². The van der Waals surface area contributed by atoms with Crippen molar-refractivity contribution in [2.24, 2.45) is 0 Å². The molecule has 0 aliphatic carbocycles. The number of rotatable bonds is 5. The first-order chi connectivity index (χ1) is 11.5. The van der Waals surface area contributed by atoms with E-state index in [0.29, 0.717) is 19.4 Å². The van der Waals surface area contributed by atoms with Gasteiger partial charge in [-0.05, 0) is 49.6 Å². The standard InChI is InChI=1S/C20H21FN2O/c1-13-4-3-5-15(10-13)11-20(24)22-9-8-17-14(2)23-19-7-6-16(21)12-18(17)19/h3-7,10,12,23H,8-9,11H2,1-2H3,(H,22,24). The van der Waals surface area contributed by atoms with Crippen molar-refractivity contribution in [2.45, 2.75) is 26.7 Å². The number of nitrogens with one attached hydrogen (secondary N) is 2. The molecule has 0 atom stereocenters. The van der Waals surface area contributed by atoms with Crippen LogP contribution >= 0.6 is 0 Å². The first kappa shape index (κ1) is 16.2. The van der Waals surface area contributed by atoms with E-state index in [2.05, 4.69) is 10.3 Å². The number of fused-ring (bicyclic) bond motifs is 1. The Balaban J connectivity index is 1.61. The van der Waals surface area contributed by atoms with Gasteiger partial charge in [0.15, 0.2) is 0 Å². The molecule has 1 amide bonds. The minimum Gasteiger partial charge on any atom is -0.358 e. The smallest absolute Gasteiger partial charge is 0.224 e. The summed E-state index contributed by atoms with van der Waals surface area (Å²) in [6.45, 7) is 4.52. The summed E-state index contributed by atoms with van der Waals surface area (Å²) >= 11 is 0. The zero-order valence-corrected chi connectivity index (χ0v) is 13.9.